The number of hydrogen-bond donors (Lipinski definition) is 1. The van der Waals surface area contributed by atoms with E-state index in [2.05, 4.69) is 12.2 Å². The van der Waals surface area contributed by atoms with Gasteiger partial charge in [-0.15, -0.1) is 0 Å². The molecule has 7 nitrogen and oxygen atoms in total. The predicted molar refractivity (Wildman–Crippen MR) is 121 cm³/mol. The molecule has 0 radical (unpaired) electrons. The summed E-state index contributed by atoms with van der Waals surface area (Å²) in [4.78, 5) is 39.0. The topological polar surface area (TPSA) is 84.9 Å². The molecule has 1 aliphatic heterocycles. The third-order valence-corrected chi connectivity index (χ3v) is 6.26. The maximum absolute atomic E-state index is 12.6. The average molecular weight is 445 g/mol. The zero-order valence-corrected chi connectivity index (χ0v) is 19.5. The molecule has 2 aliphatic rings. The van der Waals surface area contributed by atoms with E-state index in [-0.39, 0.29) is 48.6 Å². The van der Waals surface area contributed by atoms with Gasteiger partial charge in [0, 0.05) is 13.0 Å². The summed E-state index contributed by atoms with van der Waals surface area (Å²) in [6.07, 6.45) is 5.48. The monoisotopic (exact) mass is 444 g/mol. The number of nitrogens with one attached hydrogen (secondary N) is 1. The fourth-order valence-electron chi connectivity index (χ4n) is 4.51. The summed E-state index contributed by atoms with van der Waals surface area (Å²) in [5.41, 5.74) is 0.910. The van der Waals surface area contributed by atoms with Gasteiger partial charge in [0.15, 0.2) is 11.5 Å². The van der Waals surface area contributed by atoms with Crippen LogP contribution in [0.4, 0.5) is 0 Å². The van der Waals surface area contributed by atoms with Crippen LogP contribution in [0.15, 0.2) is 18.2 Å². The third kappa shape index (κ3) is 5.61. The molecule has 1 aromatic rings. The number of rotatable bonds is 11. The van der Waals surface area contributed by atoms with Crippen molar-refractivity contribution < 1.29 is 23.9 Å². The molecule has 1 aromatic carbocycles. The highest BCUT2D eigenvalue weighted by molar-refractivity contribution is 6.05. The van der Waals surface area contributed by atoms with Gasteiger partial charge in [-0.1, -0.05) is 32.8 Å². The van der Waals surface area contributed by atoms with Gasteiger partial charge in [0.1, 0.15) is 0 Å². The minimum absolute atomic E-state index is 0.0964. The van der Waals surface area contributed by atoms with E-state index in [1.165, 1.54) is 4.90 Å². The summed E-state index contributed by atoms with van der Waals surface area (Å²) in [5, 5.41) is 2.97. The minimum atomic E-state index is -0.237. The van der Waals surface area contributed by atoms with E-state index in [9.17, 15) is 14.4 Å². The van der Waals surface area contributed by atoms with E-state index in [1.807, 2.05) is 32.0 Å². The second-order valence-electron chi connectivity index (χ2n) is 8.77. The Labute approximate surface area is 190 Å². The van der Waals surface area contributed by atoms with Crippen LogP contribution in [0.2, 0.25) is 0 Å². The van der Waals surface area contributed by atoms with Gasteiger partial charge in [-0.25, -0.2) is 0 Å². The molecule has 2 fully saturated rings. The third-order valence-electron chi connectivity index (χ3n) is 6.26. The second kappa shape index (κ2) is 11.3. The Bertz CT molecular complexity index is 801. The van der Waals surface area contributed by atoms with Crippen LogP contribution in [0, 0.1) is 11.8 Å². The smallest absolute Gasteiger partial charge is 0.233 e. The summed E-state index contributed by atoms with van der Waals surface area (Å²) in [6, 6.07) is 5.47. The van der Waals surface area contributed by atoms with Crippen molar-refractivity contribution in [3.63, 3.8) is 0 Å². The average Bonchev–Trinajstić information content (AvgIpc) is 3.04. The number of ether oxygens (including phenoxy) is 2. The molecule has 3 unspecified atom stereocenters. The first-order valence-electron chi connectivity index (χ1n) is 12.0. The van der Waals surface area contributed by atoms with Crippen LogP contribution in [-0.4, -0.2) is 42.4 Å². The number of amides is 3. The van der Waals surface area contributed by atoms with Gasteiger partial charge < -0.3 is 14.8 Å². The van der Waals surface area contributed by atoms with E-state index in [1.54, 1.807) is 0 Å². The van der Waals surface area contributed by atoms with Gasteiger partial charge >= 0.3 is 0 Å². The number of carbonyl (C=O) groups excluding carboxylic acids is 3. The molecule has 0 aromatic heterocycles. The van der Waals surface area contributed by atoms with Crippen LogP contribution in [0.1, 0.15) is 77.3 Å². The van der Waals surface area contributed by atoms with E-state index in [0.29, 0.717) is 24.7 Å². The molecule has 1 aliphatic carbocycles. The Morgan fingerprint density at radius 2 is 1.62 bits per heavy atom. The van der Waals surface area contributed by atoms with Gasteiger partial charge in [0.2, 0.25) is 17.7 Å². The Morgan fingerprint density at radius 1 is 1.03 bits per heavy atom. The van der Waals surface area contributed by atoms with Crippen molar-refractivity contribution in [1.29, 1.82) is 0 Å². The first-order valence-corrected chi connectivity index (χ1v) is 12.0. The Hall–Kier alpha value is -2.57. The predicted octanol–water partition coefficient (Wildman–Crippen LogP) is 4.01. The van der Waals surface area contributed by atoms with Crippen molar-refractivity contribution in [2.24, 2.45) is 11.8 Å². The quantitative estimate of drug-likeness (QED) is 0.522. The van der Waals surface area contributed by atoms with Crippen LogP contribution < -0.4 is 14.8 Å². The highest BCUT2D eigenvalue weighted by Crippen LogP contribution is 2.38. The lowest BCUT2D eigenvalue weighted by molar-refractivity contribution is -0.140. The molecule has 0 bridgehead atoms. The molecular weight excluding hydrogens is 408 g/mol. The fraction of sp³-hybridized carbons (Fsp3) is 0.640. The van der Waals surface area contributed by atoms with Gasteiger partial charge in [-0.3, -0.25) is 19.3 Å². The number of carbonyl (C=O) groups is 3. The van der Waals surface area contributed by atoms with Crippen LogP contribution in [0.5, 0.6) is 11.5 Å². The summed E-state index contributed by atoms with van der Waals surface area (Å²) >= 11 is 0. The van der Waals surface area contributed by atoms with E-state index < -0.39 is 0 Å². The number of hydrogen-bond acceptors (Lipinski definition) is 5. The first kappa shape index (κ1) is 24.1. The standard InChI is InChI=1S/C25H36N2O5/c1-4-14-31-21-11-10-18(16-22(21)32-15-5-2)17(3)26-23(28)12-13-27-24(29)19-8-6-7-9-20(19)25(27)30/h10-11,16-17,19-20H,4-9,12-15H2,1-3H3,(H,26,28). The Balaban J connectivity index is 1.56. The SMILES string of the molecule is CCCOc1ccc(C(C)NC(=O)CCN2C(=O)C3CCCCC3C2=O)cc1OCCC. The van der Waals surface area contributed by atoms with Crippen molar-refractivity contribution in [2.75, 3.05) is 19.8 Å². The normalized spacial score (nSPS) is 21.3. The number of likely N-dealkylation sites (tertiary alicyclic amines) is 1. The molecule has 1 saturated heterocycles. The molecule has 176 valence electrons. The van der Waals surface area contributed by atoms with Crippen LogP contribution >= 0.6 is 0 Å². The number of nitrogens with zero attached hydrogens (tertiary/aromatic N) is 1. The van der Waals surface area contributed by atoms with Crippen LogP contribution in [-0.2, 0) is 14.4 Å². The number of imide groups is 1. The van der Waals surface area contributed by atoms with Crippen molar-refractivity contribution in [2.45, 2.75) is 71.8 Å². The van der Waals surface area contributed by atoms with Crippen molar-refractivity contribution in [1.82, 2.24) is 10.2 Å². The molecule has 3 rings (SSSR count). The van der Waals surface area contributed by atoms with Gasteiger partial charge in [0.25, 0.3) is 0 Å². The molecule has 1 heterocycles. The fourth-order valence-corrected chi connectivity index (χ4v) is 4.51. The molecule has 0 spiro atoms. The molecule has 32 heavy (non-hydrogen) atoms. The lowest BCUT2D eigenvalue weighted by Crippen LogP contribution is -2.36. The summed E-state index contributed by atoms with van der Waals surface area (Å²) in [6.45, 7) is 7.36. The van der Waals surface area contributed by atoms with Crippen LogP contribution in [0.25, 0.3) is 0 Å². The van der Waals surface area contributed by atoms with E-state index in [4.69, 9.17) is 9.47 Å². The molecule has 3 amide bonds. The van der Waals surface area contributed by atoms with Gasteiger partial charge in [0.05, 0.1) is 31.1 Å². The summed E-state index contributed by atoms with van der Waals surface area (Å²) < 4.78 is 11.6. The zero-order chi connectivity index (χ0) is 23.1. The summed E-state index contributed by atoms with van der Waals surface area (Å²) in [5.74, 6) is 0.656. The van der Waals surface area contributed by atoms with Crippen molar-refractivity contribution in [3.8, 4) is 11.5 Å². The van der Waals surface area contributed by atoms with Crippen molar-refractivity contribution in [3.05, 3.63) is 23.8 Å². The number of benzene rings is 1. The minimum Gasteiger partial charge on any atom is -0.490 e. The van der Waals surface area contributed by atoms with Crippen LogP contribution in [0.3, 0.4) is 0 Å². The molecule has 1 saturated carbocycles. The lowest BCUT2D eigenvalue weighted by Gasteiger charge is -2.19. The molecule has 1 N–H and O–H groups in total. The van der Waals surface area contributed by atoms with Crippen molar-refractivity contribution >= 4 is 17.7 Å². The highest BCUT2D eigenvalue weighted by atomic mass is 16.5. The molecular formula is C25H36N2O5. The summed E-state index contributed by atoms with van der Waals surface area (Å²) in [7, 11) is 0. The Kier molecular flexibility index (Phi) is 8.53. The highest BCUT2D eigenvalue weighted by Gasteiger charge is 2.47. The molecule has 3 atom stereocenters. The van der Waals surface area contributed by atoms with E-state index >= 15 is 0 Å². The number of fused-ring (bicyclic) bond motifs is 1. The largest absolute Gasteiger partial charge is 0.490 e. The maximum Gasteiger partial charge on any atom is 0.233 e. The molecule has 7 heteroatoms. The first-order chi connectivity index (χ1) is 15.5. The van der Waals surface area contributed by atoms with Gasteiger partial charge in [-0.2, -0.15) is 0 Å². The second-order valence-corrected chi connectivity index (χ2v) is 8.77. The van der Waals surface area contributed by atoms with Gasteiger partial charge in [-0.05, 0) is 50.3 Å². The maximum atomic E-state index is 12.6. The lowest BCUT2D eigenvalue weighted by atomic mass is 9.81. The Morgan fingerprint density at radius 3 is 2.22 bits per heavy atom. The van der Waals surface area contributed by atoms with E-state index in [0.717, 1.165) is 44.1 Å². The zero-order valence-electron chi connectivity index (χ0n) is 19.5.